The van der Waals surface area contributed by atoms with Crippen molar-refractivity contribution in [2.45, 2.75) is 13.5 Å². The lowest BCUT2D eigenvalue weighted by Gasteiger charge is -2.07. The lowest BCUT2D eigenvalue weighted by atomic mass is 10.2. The first kappa shape index (κ1) is 13.7. The van der Waals surface area contributed by atoms with E-state index in [9.17, 15) is 4.79 Å². The van der Waals surface area contributed by atoms with Gasteiger partial charge in [-0.15, -0.1) is 5.10 Å². The van der Waals surface area contributed by atoms with Crippen LogP contribution < -0.4 is 11.1 Å². The first-order valence-electron chi connectivity index (χ1n) is 5.78. The average Bonchev–Trinajstić information content (AvgIpc) is 2.83. The molecule has 1 aromatic carbocycles. The van der Waals surface area contributed by atoms with E-state index in [4.69, 9.17) is 5.73 Å². The van der Waals surface area contributed by atoms with Crippen molar-refractivity contribution in [1.29, 1.82) is 0 Å². The predicted octanol–water partition coefficient (Wildman–Crippen LogP) is 1.56. The SMILES string of the molecule is Cc1ccc(Br)cc1NC(=O)c1cn(CCN)nn1. The third-order valence-corrected chi connectivity index (χ3v) is 3.07. The van der Waals surface area contributed by atoms with Crippen LogP contribution in [0.15, 0.2) is 28.9 Å². The molecule has 0 aliphatic heterocycles. The minimum absolute atomic E-state index is 0.271. The third kappa shape index (κ3) is 3.39. The van der Waals surface area contributed by atoms with Crippen LogP contribution in [-0.4, -0.2) is 27.4 Å². The number of carbonyl (C=O) groups is 1. The number of anilines is 1. The maximum Gasteiger partial charge on any atom is 0.277 e. The molecule has 0 saturated carbocycles. The Bertz CT molecular complexity index is 596. The van der Waals surface area contributed by atoms with E-state index in [2.05, 4.69) is 31.6 Å². The Morgan fingerprint density at radius 1 is 1.53 bits per heavy atom. The highest BCUT2D eigenvalue weighted by Crippen LogP contribution is 2.21. The molecule has 0 atom stereocenters. The van der Waals surface area contributed by atoms with Crippen molar-refractivity contribution in [2.24, 2.45) is 5.73 Å². The fourth-order valence-corrected chi connectivity index (χ4v) is 1.92. The summed E-state index contributed by atoms with van der Waals surface area (Å²) in [5, 5.41) is 10.4. The van der Waals surface area contributed by atoms with Crippen molar-refractivity contribution in [1.82, 2.24) is 15.0 Å². The van der Waals surface area contributed by atoms with Gasteiger partial charge in [-0.1, -0.05) is 27.2 Å². The molecule has 1 aromatic heterocycles. The van der Waals surface area contributed by atoms with Crippen molar-refractivity contribution >= 4 is 27.5 Å². The minimum atomic E-state index is -0.288. The Hall–Kier alpha value is -1.73. The van der Waals surface area contributed by atoms with Crippen molar-refractivity contribution in [2.75, 3.05) is 11.9 Å². The molecule has 0 radical (unpaired) electrons. The molecule has 19 heavy (non-hydrogen) atoms. The van der Waals surface area contributed by atoms with Gasteiger partial charge in [0, 0.05) is 16.7 Å². The predicted molar refractivity (Wildman–Crippen MR) is 75.9 cm³/mol. The number of nitrogens with two attached hydrogens (primary N) is 1. The molecule has 0 aliphatic rings. The summed E-state index contributed by atoms with van der Waals surface area (Å²) < 4.78 is 2.45. The molecule has 0 saturated heterocycles. The summed E-state index contributed by atoms with van der Waals surface area (Å²) in [6.07, 6.45) is 1.58. The number of nitrogens with zero attached hydrogens (tertiary/aromatic N) is 3. The van der Waals surface area contributed by atoms with E-state index in [0.29, 0.717) is 13.1 Å². The zero-order valence-corrected chi connectivity index (χ0v) is 12.0. The standard InChI is InChI=1S/C12H14BrN5O/c1-8-2-3-9(13)6-10(8)15-12(19)11-7-18(5-4-14)17-16-11/h2-3,6-7H,4-5,14H2,1H3,(H,15,19). The van der Waals surface area contributed by atoms with E-state index in [1.54, 1.807) is 10.9 Å². The van der Waals surface area contributed by atoms with Gasteiger partial charge in [0.1, 0.15) is 0 Å². The smallest absolute Gasteiger partial charge is 0.277 e. The van der Waals surface area contributed by atoms with Gasteiger partial charge in [-0.2, -0.15) is 0 Å². The molecule has 100 valence electrons. The molecule has 1 heterocycles. The van der Waals surface area contributed by atoms with Gasteiger partial charge in [-0.3, -0.25) is 9.48 Å². The molecule has 6 nitrogen and oxygen atoms in total. The highest BCUT2D eigenvalue weighted by Gasteiger charge is 2.12. The lowest BCUT2D eigenvalue weighted by Crippen LogP contribution is -2.13. The maximum absolute atomic E-state index is 12.0. The van der Waals surface area contributed by atoms with E-state index in [1.165, 1.54) is 0 Å². The number of amides is 1. The molecule has 3 N–H and O–H groups in total. The van der Waals surface area contributed by atoms with Gasteiger partial charge >= 0.3 is 0 Å². The van der Waals surface area contributed by atoms with Crippen molar-refractivity contribution in [3.63, 3.8) is 0 Å². The Morgan fingerprint density at radius 2 is 2.32 bits per heavy atom. The number of halogens is 1. The molecule has 0 aliphatic carbocycles. The van der Waals surface area contributed by atoms with E-state index in [1.807, 2.05) is 25.1 Å². The summed E-state index contributed by atoms with van der Waals surface area (Å²) >= 11 is 3.37. The monoisotopic (exact) mass is 323 g/mol. The normalized spacial score (nSPS) is 10.5. The molecule has 0 fully saturated rings. The Morgan fingerprint density at radius 3 is 3.05 bits per heavy atom. The second-order valence-corrected chi connectivity index (χ2v) is 4.98. The molecule has 1 amide bonds. The molecule has 0 bridgehead atoms. The lowest BCUT2D eigenvalue weighted by molar-refractivity contribution is 0.102. The quantitative estimate of drug-likeness (QED) is 0.894. The van der Waals surface area contributed by atoms with Gasteiger partial charge in [0.15, 0.2) is 5.69 Å². The van der Waals surface area contributed by atoms with E-state index < -0.39 is 0 Å². The average molecular weight is 324 g/mol. The van der Waals surface area contributed by atoms with Crippen LogP contribution in [0.4, 0.5) is 5.69 Å². The van der Waals surface area contributed by atoms with Gasteiger partial charge < -0.3 is 11.1 Å². The topological polar surface area (TPSA) is 85.8 Å². The third-order valence-electron chi connectivity index (χ3n) is 2.58. The van der Waals surface area contributed by atoms with Crippen LogP contribution in [0.2, 0.25) is 0 Å². The Kier molecular flexibility index (Phi) is 4.28. The van der Waals surface area contributed by atoms with E-state index in [-0.39, 0.29) is 11.6 Å². The number of rotatable bonds is 4. The van der Waals surface area contributed by atoms with Crippen molar-refractivity contribution in [3.8, 4) is 0 Å². The van der Waals surface area contributed by atoms with Crippen LogP contribution in [-0.2, 0) is 6.54 Å². The van der Waals surface area contributed by atoms with Gasteiger partial charge in [-0.25, -0.2) is 0 Å². The van der Waals surface area contributed by atoms with Gasteiger partial charge in [-0.05, 0) is 24.6 Å². The zero-order valence-electron chi connectivity index (χ0n) is 10.4. The highest BCUT2D eigenvalue weighted by molar-refractivity contribution is 9.10. The number of nitrogens with one attached hydrogen (secondary N) is 1. The van der Waals surface area contributed by atoms with Crippen LogP contribution in [0, 0.1) is 6.92 Å². The number of aromatic nitrogens is 3. The molecule has 7 heteroatoms. The van der Waals surface area contributed by atoms with Crippen LogP contribution in [0.3, 0.4) is 0 Å². The van der Waals surface area contributed by atoms with Crippen LogP contribution in [0.5, 0.6) is 0 Å². The summed E-state index contributed by atoms with van der Waals surface area (Å²) in [5.74, 6) is -0.288. The molecular weight excluding hydrogens is 310 g/mol. The summed E-state index contributed by atoms with van der Waals surface area (Å²) in [6.45, 7) is 2.92. The van der Waals surface area contributed by atoms with Gasteiger partial charge in [0.25, 0.3) is 5.91 Å². The molecule has 2 aromatic rings. The minimum Gasteiger partial charge on any atom is -0.329 e. The number of hydrogen-bond acceptors (Lipinski definition) is 4. The van der Waals surface area contributed by atoms with Crippen molar-refractivity contribution < 1.29 is 4.79 Å². The zero-order chi connectivity index (χ0) is 13.8. The van der Waals surface area contributed by atoms with Gasteiger partial charge in [0.05, 0.1) is 12.7 Å². The van der Waals surface area contributed by atoms with E-state index in [0.717, 1.165) is 15.7 Å². The summed E-state index contributed by atoms with van der Waals surface area (Å²) in [6, 6.07) is 5.69. The number of carbonyl (C=O) groups excluding carboxylic acids is 1. The number of aryl methyl sites for hydroxylation is 1. The number of hydrogen-bond donors (Lipinski definition) is 2. The number of benzene rings is 1. The fourth-order valence-electron chi connectivity index (χ4n) is 1.56. The second-order valence-electron chi connectivity index (χ2n) is 4.07. The summed E-state index contributed by atoms with van der Waals surface area (Å²) in [5.41, 5.74) is 7.40. The fraction of sp³-hybridized carbons (Fsp3) is 0.250. The Labute approximate surface area is 119 Å². The summed E-state index contributed by atoms with van der Waals surface area (Å²) in [4.78, 5) is 12.0. The first-order valence-corrected chi connectivity index (χ1v) is 6.57. The second kappa shape index (κ2) is 5.94. The molecule has 0 spiro atoms. The largest absolute Gasteiger partial charge is 0.329 e. The van der Waals surface area contributed by atoms with E-state index >= 15 is 0 Å². The van der Waals surface area contributed by atoms with Crippen molar-refractivity contribution in [3.05, 3.63) is 40.1 Å². The molecular formula is C12H14BrN5O. The molecule has 0 unspecified atom stereocenters. The first-order chi connectivity index (χ1) is 9.10. The highest BCUT2D eigenvalue weighted by atomic mass is 79.9. The van der Waals surface area contributed by atoms with Crippen LogP contribution >= 0.6 is 15.9 Å². The molecule has 2 rings (SSSR count). The van der Waals surface area contributed by atoms with Crippen LogP contribution in [0.1, 0.15) is 16.1 Å². The summed E-state index contributed by atoms with van der Waals surface area (Å²) in [7, 11) is 0. The van der Waals surface area contributed by atoms with Crippen LogP contribution in [0.25, 0.3) is 0 Å². The Balaban J connectivity index is 2.13. The van der Waals surface area contributed by atoms with Gasteiger partial charge in [0.2, 0.25) is 0 Å². The maximum atomic E-state index is 12.0.